The number of piperazine rings is 1. The van der Waals surface area contributed by atoms with Crippen molar-refractivity contribution in [3.63, 3.8) is 0 Å². The molecule has 2 N–H and O–H groups in total. The third-order valence-corrected chi connectivity index (χ3v) is 6.00. The fourth-order valence-corrected chi connectivity index (χ4v) is 4.33. The van der Waals surface area contributed by atoms with Crippen LogP contribution in [-0.4, -0.2) is 52.2 Å². The van der Waals surface area contributed by atoms with E-state index in [1.807, 2.05) is 30.9 Å². The van der Waals surface area contributed by atoms with Gasteiger partial charge in [-0.2, -0.15) is 5.10 Å². The summed E-state index contributed by atoms with van der Waals surface area (Å²) < 4.78 is 0. The molecule has 0 saturated carbocycles. The van der Waals surface area contributed by atoms with E-state index in [-0.39, 0.29) is 5.91 Å². The SMILES string of the molecule is Cc1nnc2sc(C(=O)N3CCN(c4ccncc4)CC3)c(N)c2c1C. The number of hydrogen-bond donors (Lipinski definition) is 1. The van der Waals surface area contributed by atoms with Crippen molar-refractivity contribution in [2.24, 2.45) is 0 Å². The van der Waals surface area contributed by atoms with Gasteiger partial charge in [-0.05, 0) is 31.5 Å². The van der Waals surface area contributed by atoms with Gasteiger partial charge in [-0.25, -0.2) is 0 Å². The van der Waals surface area contributed by atoms with Crippen molar-refractivity contribution in [3.8, 4) is 0 Å². The van der Waals surface area contributed by atoms with E-state index in [0.29, 0.717) is 23.7 Å². The predicted molar refractivity (Wildman–Crippen MR) is 104 cm³/mol. The van der Waals surface area contributed by atoms with Gasteiger partial charge < -0.3 is 15.5 Å². The van der Waals surface area contributed by atoms with Gasteiger partial charge in [-0.3, -0.25) is 9.78 Å². The summed E-state index contributed by atoms with van der Waals surface area (Å²) in [5.41, 5.74) is 9.81. The van der Waals surface area contributed by atoms with E-state index >= 15 is 0 Å². The number of fused-ring (bicyclic) bond motifs is 1. The van der Waals surface area contributed by atoms with Crippen LogP contribution in [0.5, 0.6) is 0 Å². The summed E-state index contributed by atoms with van der Waals surface area (Å²) in [7, 11) is 0. The quantitative estimate of drug-likeness (QED) is 0.746. The van der Waals surface area contributed by atoms with E-state index in [2.05, 4.69) is 20.1 Å². The van der Waals surface area contributed by atoms with E-state index < -0.39 is 0 Å². The molecule has 3 aromatic heterocycles. The van der Waals surface area contributed by atoms with Crippen molar-refractivity contribution in [1.82, 2.24) is 20.1 Å². The highest BCUT2D eigenvalue weighted by atomic mass is 32.1. The van der Waals surface area contributed by atoms with Crippen LogP contribution < -0.4 is 10.6 Å². The van der Waals surface area contributed by atoms with Crippen molar-refractivity contribution >= 4 is 38.8 Å². The van der Waals surface area contributed by atoms with Crippen molar-refractivity contribution in [2.45, 2.75) is 13.8 Å². The molecule has 4 rings (SSSR count). The van der Waals surface area contributed by atoms with Crippen molar-refractivity contribution in [3.05, 3.63) is 40.7 Å². The van der Waals surface area contributed by atoms with Gasteiger partial charge in [0.1, 0.15) is 9.71 Å². The number of nitrogen functional groups attached to an aromatic ring is 1. The molecule has 4 heterocycles. The second kappa shape index (κ2) is 6.53. The molecule has 0 spiro atoms. The van der Waals surface area contributed by atoms with E-state index in [1.165, 1.54) is 11.3 Å². The molecule has 8 heteroatoms. The number of nitrogens with two attached hydrogens (primary N) is 1. The first-order valence-electron chi connectivity index (χ1n) is 8.52. The van der Waals surface area contributed by atoms with E-state index in [1.54, 1.807) is 12.4 Å². The molecule has 1 aliphatic heterocycles. The highest BCUT2D eigenvalue weighted by Gasteiger charge is 2.27. The van der Waals surface area contributed by atoms with Gasteiger partial charge in [0.25, 0.3) is 5.91 Å². The fourth-order valence-electron chi connectivity index (χ4n) is 3.27. The molecule has 0 unspecified atom stereocenters. The zero-order chi connectivity index (χ0) is 18.3. The second-order valence-electron chi connectivity index (χ2n) is 6.42. The van der Waals surface area contributed by atoms with E-state index in [9.17, 15) is 4.79 Å². The predicted octanol–water partition coefficient (Wildman–Crippen LogP) is 2.25. The van der Waals surface area contributed by atoms with Gasteiger partial charge in [0.2, 0.25) is 0 Å². The maximum absolute atomic E-state index is 13.0. The summed E-state index contributed by atoms with van der Waals surface area (Å²) in [4.78, 5) is 22.5. The average molecular weight is 368 g/mol. The number of amides is 1. The molecule has 1 aliphatic rings. The van der Waals surface area contributed by atoms with Crippen molar-refractivity contribution < 1.29 is 4.79 Å². The highest BCUT2D eigenvalue weighted by Crippen LogP contribution is 2.35. The first kappa shape index (κ1) is 16.7. The Morgan fingerprint density at radius 2 is 1.81 bits per heavy atom. The summed E-state index contributed by atoms with van der Waals surface area (Å²) >= 11 is 1.33. The lowest BCUT2D eigenvalue weighted by Crippen LogP contribution is -2.48. The van der Waals surface area contributed by atoms with E-state index in [0.717, 1.165) is 40.3 Å². The minimum absolute atomic E-state index is 0.0167. The zero-order valence-electron chi connectivity index (χ0n) is 14.8. The molecular weight excluding hydrogens is 348 g/mol. The number of rotatable bonds is 2. The van der Waals surface area contributed by atoms with Crippen LogP contribution in [-0.2, 0) is 0 Å². The third-order valence-electron chi connectivity index (χ3n) is 4.92. The van der Waals surface area contributed by atoms with Gasteiger partial charge in [0.05, 0.1) is 11.4 Å². The molecule has 0 bridgehead atoms. The van der Waals surface area contributed by atoms with Gasteiger partial charge in [-0.1, -0.05) is 0 Å². The first-order chi connectivity index (χ1) is 12.6. The largest absolute Gasteiger partial charge is 0.397 e. The first-order valence-corrected chi connectivity index (χ1v) is 9.34. The van der Waals surface area contributed by atoms with Crippen LogP contribution >= 0.6 is 11.3 Å². The summed E-state index contributed by atoms with van der Waals surface area (Å²) in [6, 6.07) is 3.98. The number of carbonyl (C=O) groups is 1. The number of thiophene rings is 1. The molecule has 3 aromatic rings. The van der Waals surface area contributed by atoms with Crippen molar-refractivity contribution in [1.29, 1.82) is 0 Å². The Kier molecular flexibility index (Phi) is 4.20. The van der Waals surface area contributed by atoms with Crippen LogP contribution in [0.4, 0.5) is 11.4 Å². The van der Waals surface area contributed by atoms with Gasteiger partial charge in [-0.15, -0.1) is 16.4 Å². The molecule has 0 radical (unpaired) electrons. The van der Waals surface area contributed by atoms with Gasteiger partial charge >= 0.3 is 0 Å². The topological polar surface area (TPSA) is 88.2 Å². The molecule has 26 heavy (non-hydrogen) atoms. The van der Waals surface area contributed by atoms with Crippen molar-refractivity contribution in [2.75, 3.05) is 36.8 Å². The Hall–Kier alpha value is -2.74. The second-order valence-corrected chi connectivity index (χ2v) is 7.42. The van der Waals surface area contributed by atoms with Crippen LogP contribution in [0.3, 0.4) is 0 Å². The summed E-state index contributed by atoms with van der Waals surface area (Å²) in [5, 5.41) is 9.21. The lowest BCUT2D eigenvalue weighted by molar-refractivity contribution is 0.0752. The van der Waals surface area contributed by atoms with Crippen LogP contribution in [0.1, 0.15) is 20.9 Å². The molecule has 1 amide bonds. The number of hydrogen-bond acceptors (Lipinski definition) is 7. The maximum Gasteiger partial charge on any atom is 0.266 e. The van der Waals surface area contributed by atoms with Crippen LogP contribution in [0.25, 0.3) is 10.2 Å². The highest BCUT2D eigenvalue weighted by molar-refractivity contribution is 7.21. The normalized spacial score (nSPS) is 14.8. The Morgan fingerprint density at radius 3 is 2.50 bits per heavy atom. The number of carbonyl (C=O) groups excluding carboxylic acids is 1. The fraction of sp³-hybridized carbons (Fsp3) is 0.333. The molecule has 1 fully saturated rings. The Balaban J connectivity index is 1.55. The summed E-state index contributed by atoms with van der Waals surface area (Å²) in [6.45, 7) is 6.78. The third kappa shape index (κ3) is 2.76. The number of nitrogens with zero attached hydrogens (tertiary/aromatic N) is 5. The molecule has 0 atom stereocenters. The maximum atomic E-state index is 13.0. The molecular formula is C18H20N6OS. The number of pyridine rings is 1. The summed E-state index contributed by atoms with van der Waals surface area (Å²) in [6.07, 6.45) is 3.58. The smallest absolute Gasteiger partial charge is 0.266 e. The number of aromatic nitrogens is 3. The monoisotopic (exact) mass is 368 g/mol. The Bertz CT molecular complexity index is 963. The van der Waals surface area contributed by atoms with Crippen LogP contribution in [0, 0.1) is 13.8 Å². The minimum atomic E-state index is -0.0167. The number of aryl methyl sites for hydroxylation is 2. The molecule has 0 aliphatic carbocycles. The average Bonchev–Trinajstić information content (AvgIpc) is 3.02. The van der Waals surface area contributed by atoms with Gasteiger partial charge in [0, 0.05) is 49.6 Å². The molecule has 1 saturated heterocycles. The van der Waals surface area contributed by atoms with Gasteiger partial charge in [0.15, 0.2) is 0 Å². The Morgan fingerprint density at radius 1 is 1.12 bits per heavy atom. The minimum Gasteiger partial charge on any atom is -0.397 e. The molecule has 7 nitrogen and oxygen atoms in total. The zero-order valence-corrected chi connectivity index (χ0v) is 15.6. The molecule has 0 aromatic carbocycles. The lowest BCUT2D eigenvalue weighted by atomic mass is 10.1. The lowest BCUT2D eigenvalue weighted by Gasteiger charge is -2.35. The number of anilines is 2. The van der Waals surface area contributed by atoms with E-state index in [4.69, 9.17) is 5.73 Å². The molecule has 134 valence electrons. The van der Waals surface area contributed by atoms with Crippen LogP contribution in [0.2, 0.25) is 0 Å². The van der Waals surface area contributed by atoms with Crippen LogP contribution in [0.15, 0.2) is 24.5 Å². The standard InChI is InChI=1S/C18H20N6OS/c1-11-12(2)21-22-17-14(11)15(19)16(26-17)18(25)24-9-7-23(8-10-24)13-3-5-20-6-4-13/h3-6H,7-10,19H2,1-2H3. The summed E-state index contributed by atoms with van der Waals surface area (Å²) in [5.74, 6) is -0.0167. The Labute approximate surface area is 155 Å².